The fraction of sp³-hybridized carbons (Fsp3) is 0.545. The number of nitrogens with zero attached hydrogens (tertiary/aromatic N) is 2. The number of rotatable bonds is 12. The van der Waals surface area contributed by atoms with Crippen LogP contribution in [-0.2, 0) is 11.2 Å². The van der Waals surface area contributed by atoms with E-state index >= 15 is 0 Å². The van der Waals surface area contributed by atoms with Crippen molar-refractivity contribution >= 4 is 5.91 Å². The van der Waals surface area contributed by atoms with E-state index in [2.05, 4.69) is 20.9 Å². The molecule has 1 heterocycles. The zero-order valence-corrected chi connectivity index (χ0v) is 18.0. The Hall–Kier alpha value is -2.76. The molecule has 1 aliphatic rings. The molecule has 3 N–H and O–H groups in total. The van der Waals surface area contributed by atoms with Gasteiger partial charge in [-0.25, -0.2) is 0 Å². The second-order valence-electron chi connectivity index (χ2n) is 6.87. The topological polar surface area (TPSA) is 98.6 Å². The van der Waals surface area contributed by atoms with E-state index in [0.717, 1.165) is 56.2 Å². The zero-order chi connectivity index (χ0) is 21.6. The van der Waals surface area contributed by atoms with Gasteiger partial charge < -0.3 is 25.4 Å². The van der Waals surface area contributed by atoms with Crippen molar-refractivity contribution in [1.29, 1.82) is 5.26 Å². The van der Waals surface area contributed by atoms with Gasteiger partial charge in [0.1, 0.15) is 11.6 Å². The summed E-state index contributed by atoms with van der Waals surface area (Å²) in [6.07, 6.45) is 2.21. The summed E-state index contributed by atoms with van der Waals surface area (Å²) in [7, 11) is 0. The first-order chi connectivity index (χ1) is 14.7. The monoisotopic (exact) mass is 415 g/mol. The lowest BCUT2D eigenvalue weighted by molar-refractivity contribution is -0.117. The van der Waals surface area contributed by atoms with Crippen LogP contribution in [-0.4, -0.2) is 69.8 Å². The molecule has 1 aromatic carbocycles. The van der Waals surface area contributed by atoms with E-state index in [1.54, 1.807) is 0 Å². The standard InChI is InChI=1S/C22H33N5O3/c1-3-29-20-6-5-18(15-21(20)30-4-2)7-8-25-17-19(16-23)22(28)26-11-14-27-12-9-24-10-13-27/h5-6,15,17,24-25H,3-4,7-14H2,1-2H3,(H,26,28)/b19-17-. The molecule has 0 spiro atoms. The van der Waals surface area contributed by atoms with Crippen LogP contribution in [0.25, 0.3) is 0 Å². The Labute approximate surface area is 179 Å². The van der Waals surface area contributed by atoms with Crippen molar-refractivity contribution in [2.75, 3.05) is 59.0 Å². The van der Waals surface area contributed by atoms with Gasteiger partial charge in [0.25, 0.3) is 5.91 Å². The lowest BCUT2D eigenvalue weighted by atomic mass is 10.1. The van der Waals surface area contributed by atoms with Gasteiger partial charge in [-0.15, -0.1) is 0 Å². The van der Waals surface area contributed by atoms with E-state index in [0.29, 0.717) is 26.3 Å². The molecular weight excluding hydrogens is 382 g/mol. The first-order valence-electron chi connectivity index (χ1n) is 10.6. The van der Waals surface area contributed by atoms with Gasteiger partial charge in [0.05, 0.1) is 13.2 Å². The summed E-state index contributed by atoms with van der Waals surface area (Å²) in [5, 5.41) is 18.4. The van der Waals surface area contributed by atoms with Gasteiger partial charge in [0.15, 0.2) is 11.5 Å². The molecule has 0 saturated carbocycles. The van der Waals surface area contributed by atoms with Gasteiger partial charge in [-0.1, -0.05) is 6.07 Å². The Bertz CT molecular complexity index is 739. The first kappa shape index (κ1) is 23.5. The van der Waals surface area contributed by atoms with E-state index in [1.165, 1.54) is 6.20 Å². The molecular formula is C22H33N5O3. The molecule has 1 fully saturated rings. The maximum atomic E-state index is 12.2. The Morgan fingerprint density at radius 3 is 2.63 bits per heavy atom. The van der Waals surface area contributed by atoms with Crippen molar-refractivity contribution in [1.82, 2.24) is 20.9 Å². The number of hydrogen-bond donors (Lipinski definition) is 3. The third-order valence-corrected chi connectivity index (χ3v) is 4.70. The quantitative estimate of drug-likeness (QED) is 0.267. The summed E-state index contributed by atoms with van der Waals surface area (Å²) in [5.41, 5.74) is 1.17. The zero-order valence-electron chi connectivity index (χ0n) is 18.0. The molecule has 1 aromatic rings. The molecule has 0 atom stereocenters. The number of ether oxygens (including phenoxy) is 2. The second-order valence-corrected chi connectivity index (χ2v) is 6.87. The summed E-state index contributed by atoms with van der Waals surface area (Å²) >= 11 is 0. The highest BCUT2D eigenvalue weighted by Crippen LogP contribution is 2.28. The van der Waals surface area contributed by atoms with Gasteiger partial charge in [0, 0.05) is 52.0 Å². The van der Waals surface area contributed by atoms with Crippen LogP contribution in [0.1, 0.15) is 19.4 Å². The van der Waals surface area contributed by atoms with Gasteiger partial charge >= 0.3 is 0 Å². The maximum absolute atomic E-state index is 12.2. The number of benzene rings is 1. The van der Waals surface area contributed by atoms with Crippen molar-refractivity contribution in [3.63, 3.8) is 0 Å². The fourth-order valence-electron chi connectivity index (χ4n) is 3.15. The Morgan fingerprint density at radius 1 is 1.20 bits per heavy atom. The molecule has 1 amide bonds. The molecule has 164 valence electrons. The molecule has 0 aliphatic carbocycles. The summed E-state index contributed by atoms with van der Waals surface area (Å²) in [5.74, 6) is 1.12. The van der Waals surface area contributed by atoms with E-state index < -0.39 is 0 Å². The van der Waals surface area contributed by atoms with Crippen LogP contribution < -0.4 is 25.4 Å². The van der Waals surface area contributed by atoms with Crippen molar-refractivity contribution < 1.29 is 14.3 Å². The molecule has 0 radical (unpaired) electrons. The summed E-state index contributed by atoms with van der Waals surface area (Å²) in [6.45, 7) is 10.9. The van der Waals surface area contributed by atoms with Gasteiger partial charge in [0.2, 0.25) is 0 Å². The second kappa shape index (κ2) is 13.5. The van der Waals surface area contributed by atoms with Crippen LogP contribution in [0.15, 0.2) is 30.0 Å². The summed E-state index contributed by atoms with van der Waals surface area (Å²) in [4.78, 5) is 14.5. The third-order valence-electron chi connectivity index (χ3n) is 4.70. The molecule has 8 heteroatoms. The van der Waals surface area contributed by atoms with Crippen molar-refractivity contribution in [2.24, 2.45) is 0 Å². The normalized spacial score (nSPS) is 14.6. The van der Waals surface area contributed by atoms with E-state index in [1.807, 2.05) is 38.1 Å². The Balaban J connectivity index is 1.77. The van der Waals surface area contributed by atoms with Gasteiger partial charge in [-0.05, 0) is 38.0 Å². The van der Waals surface area contributed by atoms with Crippen molar-refractivity contribution in [3.05, 3.63) is 35.5 Å². The number of piperazine rings is 1. The van der Waals surface area contributed by atoms with E-state index in [9.17, 15) is 10.1 Å². The van der Waals surface area contributed by atoms with Crippen molar-refractivity contribution in [2.45, 2.75) is 20.3 Å². The summed E-state index contributed by atoms with van der Waals surface area (Å²) in [6, 6.07) is 7.83. The predicted octanol–water partition coefficient (Wildman–Crippen LogP) is 1.04. The predicted molar refractivity (Wildman–Crippen MR) is 117 cm³/mol. The minimum Gasteiger partial charge on any atom is -0.490 e. The molecule has 1 saturated heterocycles. The van der Waals surface area contributed by atoms with Crippen molar-refractivity contribution in [3.8, 4) is 17.6 Å². The minimum atomic E-state index is -0.347. The SMILES string of the molecule is CCOc1ccc(CCN/C=C(/C#N)C(=O)NCCN2CCNCC2)cc1OCC. The number of hydrogen-bond acceptors (Lipinski definition) is 7. The molecule has 0 unspecified atom stereocenters. The number of nitriles is 1. The van der Waals surface area contributed by atoms with Crippen LogP contribution >= 0.6 is 0 Å². The van der Waals surface area contributed by atoms with Gasteiger partial charge in [-0.2, -0.15) is 5.26 Å². The van der Waals surface area contributed by atoms with Crippen LogP contribution in [0.5, 0.6) is 11.5 Å². The van der Waals surface area contributed by atoms with E-state index in [4.69, 9.17) is 9.47 Å². The first-order valence-corrected chi connectivity index (χ1v) is 10.6. The van der Waals surface area contributed by atoms with E-state index in [-0.39, 0.29) is 11.5 Å². The lowest BCUT2D eigenvalue weighted by Gasteiger charge is -2.27. The van der Waals surface area contributed by atoms with Crippen LogP contribution in [0.4, 0.5) is 0 Å². The smallest absolute Gasteiger partial charge is 0.263 e. The number of amides is 1. The fourth-order valence-corrected chi connectivity index (χ4v) is 3.15. The van der Waals surface area contributed by atoms with Gasteiger partial charge in [-0.3, -0.25) is 9.69 Å². The largest absolute Gasteiger partial charge is 0.490 e. The maximum Gasteiger partial charge on any atom is 0.263 e. The van der Waals surface area contributed by atoms with Crippen LogP contribution in [0.2, 0.25) is 0 Å². The Morgan fingerprint density at radius 2 is 1.93 bits per heavy atom. The molecule has 1 aliphatic heterocycles. The highest BCUT2D eigenvalue weighted by atomic mass is 16.5. The van der Waals surface area contributed by atoms with Crippen LogP contribution in [0.3, 0.4) is 0 Å². The van der Waals surface area contributed by atoms with Crippen LogP contribution in [0, 0.1) is 11.3 Å². The third kappa shape index (κ3) is 7.93. The average molecular weight is 416 g/mol. The number of carbonyl (C=O) groups is 1. The molecule has 0 aromatic heterocycles. The number of nitrogens with one attached hydrogen (secondary N) is 3. The molecule has 0 bridgehead atoms. The lowest BCUT2D eigenvalue weighted by Crippen LogP contribution is -2.46. The molecule has 2 rings (SSSR count). The Kier molecular flexibility index (Phi) is 10.6. The average Bonchev–Trinajstić information content (AvgIpc) is 2.76. The molecule has 30 heavy (non-hydrogen) atoms. The number of carbonyl (C=O) groups excluding carboxylic acids is 1. The minimum absolute atomic E-state index is 0.0806. The summed E-state index contributed by atoms with van der Waals surface area (Å²) < 4.78 is 11.2. The highest BCUT2D eigenvalue weighted by molar-refractivity contribution is 5.97. The molecule has 8 nitrogen and oxygen atoms in total. The highest BCUT2D eigenvalue weighted by Gasteiger charge is 2.12.